The van der Waals surface area contributed by atoms with Gasteiger partial charge >= 0.3 is 5.97 Å². The van der Waals surface area contributed by atoms with E-state index in [2.05, 4.69) is 10.6 Å². The van der Waals surface area contributed by atoms with Gasteiger partial charge in [0.05, 0.1) is 6.04 Å². The summed E-state index contributed by atoms with van der Waals surface area (Å²) in [5, 5.41) is 14.6. The van der Waals surface area contributed by atoms with Crippen molar-refractivity contribution in [3.63, 3.8) is 0 Å². The molecule has 1 saturated heterocycles. The zero-order valence-corrected chi connectivity index (χ0v) is 18.3. The lowest BCUT2D eigenvalue weighted by Crippen LogP contribution is -2.56. The molecule has 3 amide bonds. The topological polar surface area (TPSA) is 194 Å². The van der Waals surface area contributed by atoms with Crippen LogP contribution in [0.15, 0.2) is 0 Å². The third-order valence-electron chi connectivity index (χ3n) is 5.44. The Kier molecular flexibility index (Phi) is 12.1. The summed E-state index contributed by atoms with van der Waals surface area (Å²) in [6.45, 7) is 2.82. The minimum absolute atomic E-state index is 0.336. The molecule has 1 rings (SSSR count). The minimum Gasteiger partial charge on any atom is -0.480 e. The van der Waals surface area contributed by atoms with Crippen LogP contribution in [0.3, 0.4) is 0 Å². The van der Waals surface area contributed by atoms with Crippen LogP contribution < -0.4 is 27.8 Å². The van der Waals surface area contributed by atoms with E-state index in [1.54, 1.807) is 0 Å². The quantitative estimate of drug-likeness (QED) is 0.177. The molecule has 1 aliphatic heterocycles. The lowest BCUT2D eigenvalue weighted by atomic mass is 10.1. The van der Waals surface area contributed by atoms with Gasteiger partial charge < -0.3 is 37.8 Å². The van der Waals surface area contributed by atoms with E-state index in [1.165, 1.54) is 11.8 Å². The molecule has 0 aromatic rings. The van der Waals surface area contributed by atoms with Crippen LogP contribution in [0.4, 0.5) is 0 Å². The third-order valence-corrected chi connectivity index (χ3v) is 5.44. The summed E-state index contributed by atoms with van der Waals surface area (Å²) in [6, 6.07) is -3.40. The number of unbranched alkanes of at least 4 members (excludes halogenated alkanes) is 2. The molecule has 1 heterocycles. The van der Waals surface area contributed by atoms with E-state index in [0.29, 0.717) is 64.6 Å². The first-order chi connectivity index (χ1) is 14.7. The number of hydrogen-bond donors (Lipinski definition) is 6. The Morgan fingerprint density at radius 3 is 2.19 bits per heavy atom. The molecule has 1 fully saturated rings. The van der Waals surface area contributed by atoms with Crippen molar-refractivity contribution in [2.24, 2.45) is 17.2 Å². The van der Waals surface area contributed by atoms with Crippen molar-refractivity contribution < 1.29 is 24.3 Å². The van der Waals surface area contributed by atoms with Gasteiger partial charge in [-0.25, -0.2) is 4.79 Å². The maximum atomic E-state index is 13.0. The predicted octanol–water partition coefficient (Wildman–Crippen LogP) is -1.36. The summed E-state index contributed by atoms with van der Waals surface area (Å²) in [4.78, 5) is 50.6. The van der Waals surface area contributed by atoms with Crippen LogP contribution in [0, 0.1) is 0 Å². The molecule has 0 radical (unpaired) electrons. The second-order valence-electron chi connectivity index (χ2n) is 7.99. The summed E-state index contributed by atoms with van der Waals surface area (Å²) in [6.07, 6.45) is 4.53. The third kappa shape index (κ3) is 8.80. The van der Waals surface area contributed by atoms with Crippen LogP contribution in [0.25, 0.3) is 0 Å². The summed E-state index contributed by atoms with van der Waals surface area (Å²) in [7, 11) is 0. The molecule has 31 heavy (non-hydrogen) atoms. The number of amides is 3. The van der Waals surface area contributed by atoms with Gasteiger partial charge in [0.15, 0.2) is 0 Å². The van der Waals surface area contributed by atoms with Crippen LogP contribution in [0.1, 0.15) is 58.3 Å². The smallest absolute Gasteiger partial charge is 0.326 e. The number of aliphatic carboxylic acids is 1. The standard InChI is InChI=1S/C20H38N6O5/c1-13(24-18(28)14(23)7-2-4-10-21)17(27)25-15(8-3-5-11-22)19(29)26-12-6-9-16(26)20(30)31/h13-16H,2-12,21-23H2,1H3,(H,24,28)(H,25,27)(H,30,31)/t13-,14-,15-,16-/m0/s1. The lowest BCUT2D eigenvalue weighted by Gasteiger charge is -2.28. The van der Waals surface area contributed by atoms with E-state index in [9.17, 15) is 24.3 Å². The summed E-state index contributed by atoms with van der Waals surface area (Å²) < 4.78 is 0. The van der Waals surface area contributed by atoms with Gasteiger partial charge in [0.1, 0.15) is 18.1 Å². The number of carboxylic acid groups (broad SMARTS) is 1. The Balaban J connectivity index is 2.72. The van der Waals surface area contributed by atoms with Gasteiger partial charge in [0.2, 0.25) is 17.7 Å². The van der Waals surface area contributed by atoms with Crippen molar-refractivity contribution in [2.75, 3.05) is 19.6 Å². The largest absolute Gasteiger partial charge is 0.480 e. The number of nitrogens with two attached hydrogens (primary N) is 3. The maximum absolute atomic E-state index is 13.0. The van der Waals surface area contributed by atoms with Gasteiger partial charge in [0.25, 0.3) is 0 Å². The molecule has 11 nitrogen and oxygen atoms in total. The van der Waals surface area contributed by atoms with Gasteiger partial charge in [-0.05, 0) is 65.0 Å². The van der Waals surface area contributed by atoms with Crippen LogP contribution in [0.5, 0.6) is 0 Å². The molecule has 0 aliphatic carbocycles. The SMILES string of the molecule is C[C@H](NC(=O)[C@@H](N)CCCCN)C(=O)N[C@@H](CCCCN)C(=O)N1CCC[C@H]1C(=O)O. The maximum Gasteiger partial charge on any atom is 0.326 e. The molecule has 0 spiro atoms. The first kappa shape index (κ1) is 26.8. The molecule has 0 saturated carbocycles. The number of hydrogen-bond acceptors (Lipinski definition) is 7. The van der Waals surface area contributed by atoms with Gasteiger partial charge in [0, 0.05) is 6.54 Å². The molecule has 0 aromatic carbocycles. The molecule has 1 aliphatic rings. The first-order valence-electron chi connectivity index (χ1n) is 11.0. The van der Waals surface area contributed by atoms with E-state index in [0.717, 1.165) is 6.42 Å². The number of nitrogens with zero attached hydrogens (tertiary/aromatic N) is 1. The van der Waals surface area contributed by atoms with Crippen molar-refractivity contribution in [1.29, 1.82) is 0 Å². The fourth-order valence-corrected chi connectivity index (χ4v) is 3.56. The van der Waals surface area contributed by atoms with Crippen LogP contribution in [-0.2, 0) is 19.2 Å². The van der Waals surface area contributed by atoms with Crippen molar-refractivity contribution in [3.8, 4) is 0 Å². The van der Waals surface area contributed by atoms with Crippen molar-refractivity contribution in [3.05, 3.63) is 0 Å². The molecule has 0 aromatic heterocycles. The molecular formula is C20H38N6O5. The molecule has 0 unspecified atom stereocenters. The van der Waals surface area contributed by atoms with E-state index < -0.39 is 47.9 Å². The number of carbonyl (C=O) groups excluding carboxylic acids is 3. The van der Waals surface area contributed by atoms with Gasteiger partial charge in [-0.3, -0.25) is 14.4 Å². The lowest BCUT2D eigenvalue weighted by molar-refractivity contribution is -0.149. The first-order valence-corrected chi connectivity index (χ1v) is 11.0. The molecule has 11 heteroatoms. The fraction of sp³-hybridized carbons (Fsp3) is 0.800. The number of rotatable bonds is 14. The zero-order chi connectivity index (χ0) is 23.4. The van der Waals surface area contributed by atoms with Crippen molar-refractivity contribution in [1.82, 2.24) is 15.5 Å². The second-order valence-corrected chi connectivity index (χ2v) is 7.99. The monoisotopic (exact) mass is 442 g/mol. The highest BCUT2D eigenvalue weighted by Gasteiger charge is 2.37. The molecule has 4 atom stereocenters. The second kappa shape index (κ2) is 13.9. The van der Waals surface area contributed by atoms with Crippen LogP contribution in [-0.4, -0.2) is 77.5 Å². The Labute approximate surface area is 183 Å². The summed E-state index contributed by atoms with van der Waals surface area (Å²) >= 11 is 0. The Hall–Kier alpha value is -2.24. The van der Waals surface area contributed by atoms with E-state index in [-0.39, 0.29) is 0 Å². The highest BCUT2D eigenvalue weighted by atomic mass is 16.4. The van der Waals surface area contributed by atoms with E-state index in [1.807, 2.05) is 0 Å². The number of likely N-dealkylation sites (tertiary alicyclic amines) is 1. The van der Waals surface area contributed by atoms with Crippen LogP contribution >= 0.6 is 0 Å². The number of carbonyl (C=O) groups is 4. The molecule has 0 bridgehead atoms. The Bertz CT molecular complexity index is 617. The minimum atomic E-state index is -1.05. The van der Waals surface area contributed by atoms with E-state index in [4.69, 9.17) is 17.2 Å². The van der Waals surface area contributed by atoms with Crippen molar-refractivity contribution >= 4 is 23.7 Å². The normalized spacial score (nSPS) is 18.8. The molecular weight excluding hydrogens is 404 g/mol. The Morgan fingerprint density at radius 1 is 1.00 bits per heavy atom. The van der Waals surface area contributed by atoms with Gasteiger partial charge in [-0.2, -0.15) is 0 Å². The number of carboxylic acids is 1. The average Bonchev–Trinajstić information content (AvgIpc) is 3.22. The Morgan fingerprint density at radius 2 is 1.61 bits per heavy atom. The highest BCUT2D eigenvalue weighted by Crippen LogP contribution is 2.20. The van der Waals surface area contributed by atoms with Crippen molar-refractivity contribution in [2.45, 2.75) is 82.5 Å². The van der Waals surface area contributed by atoms with E-state index >= 15 is 0 Å². The van der Waals surface area contributed by atoms with Gasteiger partial charge in [-0.15, -0.1) is 0 Å². The fourth-order valence-electron chi connectivity index (χ4n) is 3.56. The molecule has 178 valence electrons. The zero-order valence-electron chi connectivity index (χ0n) is 18.3. The van der Waals surface area contributed by atoms with Gasteiger partial charge in [-0.1, -0.05) is 6.42 Å². The number of nitrogens with one attached hydrogen (secondary N) is 2. The van der Waals surface area contributed by atoms with Crippen LogP contribution in [0.2, 0.25) is 0 Å². The predicted molar refractivity (Wildman–Crippen MR) is 116 cm³/mol. The summed E-state index contributed by atoms with van der Waals surface area (Å²) in [5.74, 6) is -2.45. The summed E-state index contributed by atoms with van der Waals surface area (Å²) in [5.41, 5.74) is 16.8. The average molecular weight is 443 g/mol. The molecule has 9 N–H and O–H groups in total. The highest BCUT2D eigenvalue weighted by molar-refractivity contribution is 5.94.